The molecule has 9 aromatic carbocycles. The van der Waals surface area contributed by atoms with Crippen molar-refractivity contribution >= 4 is 85.8 Å². The molecule has 1 nitrogen and oxygen atoms in total. The van der Waals surface area contributed by atoms with Crippen molar-refractivity contribution in [3.63, 3.8) is 0 Å². The highest BCUT2D eigenvalue weighted by Crippen LogP contribution is 2.54. The van der Waals surface area contributed by atoms with Gasteiger partial charge in [0.2, 0.25) is 0 Å². The van der Waals surface area contributed by atoms with Crippen molar-refractivity contribution in [3.05, 3.63) is 169 Å². The van der Waals surface area contributed by atoms with E-state index in [1.165, 1.54) is 102 Å². The molecule has 0 unspecified atom stereocenters. The first-order valence-corrected chi connectivity index (χ1v) is 19.2. The lowest BCUT2D eigenvalue weighted by Crippen LogP contribution is -2.15. The number of thiophene rings is 1. The smallest absolute Gasteiger partial charge is 0.143 e. The third kappa shape index (κ3) is 3.91. The van der Waals surface area contributed by atoms with Gasteiger partial charge < -0.3 is 4.42 Å². The SMILES string of the molecule is CC1(C)c2cc(-c3c4ccccc4c(-c4ccc5c(c4)sc4ccccc45)c4ccccc34)ccc2-c2ccc3c(oc4c5ccccc5ccc34)c21. The lowest BCUT2D eigenvalue weighted by atomic mass is 9.80. The summed E-state index contributed by atoms with van der Waals surface area (Å²) in [5.41, 5.74) is 12.0. The van der Waals surface area contributed by atoms with E-state index in [1.807, 2.05) is 11.3 Å². The van der Waals surface area contributed by atoms with Crippen molar-refractivity contribution in [2.24, 2.45) is 0 Å². The molecular weight excluding hydrogens is 661 g/mol. The third-order valence-corrected chi connectivity index (χ3v) is 13.2. The average molecular weight is 693 g/mol. The normalized spacial score (nSPS) is 13.6. The minimum atomic E-state index is -0.255. The molecule has 0 saturated carbocycles. The van der Waals surface area contributed by atoms with Crippen molar-refractivity contribution < 1.29 is 4.42 Å². The predicted octanol–water partition coefficient (Wildman–Crippen LogP) is 15.1. The van der Waals surface area contributed by atoms with Gasteiger partial charge in [0.1, 0.15) is 11.2 Å². The molecule has 0 N–H and O–H groups in total. The number of fused-ring (bicyclic) bond motifs is 14. The van der Waals surface area contributed by atoms with Crippen molar-refractivity contribution in [2.75, 3.05) is 0 Å². The molecule has 248 valence electrons. The highest BCUT2D eigenvalue weighted by atomic mass is 32.1. The molecule has 0 bridgehead atoms. The fourth-order valence-electron chi connectivity index (χ4n) is 9.63. The van der Waals surface area contributed by atoms with E-state index in [4.69, 9.17) is 4.42 Å². The van der Waals surface area contributed by atoms with Crippen LogP contribution in [0.3, 0.4) is 0 Å². The molecule has 11 aromatic rings. The summed E-state index contributed by atoms with van der Waals surface area (Å²) in [5, 5.41) is 12.5. The first-order valence-electron chi connectivity index (χ1n) is 18.4. The van der Waals surface area contributed by atoms with Crippen LogP contribution in [0.4, 0.5) is 0 Å². The lowest BCUT2D eigenvalue weighted by molar-refractivity contribution is 0.621. The quantitative estimate of drug-likeness (QED) is 0.164. The van der Waals surface area contributed by atoms with Crippen molar-refractivity contribution in [3.8, 4) is 33.4 Å². The minimum absolute atomic E-state index is 0.255. The van der Waals surface area contributed by atoms with Crippen LogP contribution < -0.4 is 0 Å². The van der Waals surface area contributed by atoms with E-state index < -0.39 is 0 Å². The first kappa shape index (κ1) is 29.4. The maximum absolute atomic E-state index is 6.91. The summed E-state index contributed by atoms with van der Waals surface area (Å²) in [6, 6.07) is 58.5. The van der Waals surface area contributed by atoms with Crippen LogP contribution in [0.5, 0.6) is 0 Å². The van der Waals surface area contributed by atoms with Gasteiger partial charge in [0.25, 0.3) is 0 Å². The fourth-order valence-corrected chi connectivity index (χ4v) is 10.8. The van der Waals surface area contributed by atoms with E-state index in [0.717, 1.165) is 16.6 Å². The summed E-state index contributed by atoms with van der Waals surface area (Å²) in [7, 11) is 0. The van der Waals surface area contributed by atoms with Gasteiger partial charge in [-0.2, -0.15) is 0 Å². The zero-order valence-electron chi connectivity index (χ0n) is 29.3. The molecule has 1 aliphatic rings. The number of furan rings is 1. The zero-order chi connectivity index (χ0) is 35.0. The van der Waals surface area contributed by atoms with Gasteiger partial charge in [-0.05, 0) is 96.2 Å². The van der Waals surface area contributed by atoms with Crippen LogP contribution in [0.25, 0.3) is 108 Å². The van der Waals surface area contributed by atoms with Crippen LogP contribution in [0.2, 0.25) is 0 Å². The van der Waals surface area contributed by atoms with Gasteiger partial charge in [-0.3, -0.25) is 0 Å². The highest BCUT2D eigenvalue weighted by Gasteiger charge is 2.39. The molecule has 53 heavy (non-hydrogen) atoms. The fraction of sp³-hybridized carbons (Fsp3) is 0.0588. The number of hydrogen-bond acceptors (Lipinski definition) is 2. The zero-order valence-corrected chi connectivity index (χ0v) is 30.1. The molecule has 0 atom stereocenters. The topological polar surface area (TPSA) is 13.1 Å². The third-order valence-electron chi connectivity index (χ3n) is 12.0. The molecule has 2 aromatic heterocycles. The maximum atomic E-state index is 6.91. The van der Waals surface area contributed by atoms with E-state index in [2.05, 4.69) is 172 Å². The van der Waals surface area contributed by atoms with Gasteiger partial charge in [-0.1, -0.05) is 141 Å². The molecule has 2 heterocycles. The summed E-state index contributed by atoms with van der Waals surface area (Å²) in [4.78, 5) is 0. The Kier molecular flexibility index (Phi) is 5.78. The van der Waals surface area contributed by atoms with Crippen LogP contribution in [0, 0.1) is 0 Å². The Labute approximate surface area is 310 Å². The van der Waals surface area contributed by atoms with Gasteiger partial charge in [-0.15, -0.1) is 11.3 Å². The summed E-state index contributed by atoms with van der Waals surface area (Å²) in [6.45, 7) is 4.74. The standard InChI is InChI=1S/C51H32OS/c1-51(2)43-27-30(20-22-33(43)40-25-26-42-41-24-19-29-11-3-4-12-32(29)49(41)52-50(42)48(40)51)46-36-14-5-7-16-38(36)47(39-17-8-6-15-37(39)46)31-21-23-35-34-13-9-10-18-44(34)53-45(35)28-31/h3-28H,1-2H3. The van der Waals surface area contributed by atoms with Crippen LogP contribution >= 0.6 is 11.3 Å². The van der Waals surface area contributed by atoms with Gasteiger partial charge >= 0.3 is 0 Å². The molecular formula is C51H32OS. The second-order valence-corrected chi connectivity index (χ2v) is 16.2. The monoisotopic (exact) mass is 692 g/mol. The van der Waals surface area contributed by atoms with Crippen molar-refractivity contribution in [2.45, 2.75) is 19.3 Å². The Balaban J connectivity index is 1.08. The van der Waals surface area contributed by atoms with E-state index in [9.17, 15) is 0 Å². The van der Waals surface area contributed by atoms with Crippen molar-refractivity contribution in [1.29, 1.82) is 0 Å². The largest absolute Gasteiger partial charge is 0.455 e. The van der Waals surface area contributed by atoms with Gasteiger partial charge in [0, 0.05) is 47.3 Å². The Morgan fingerprint density at radius 1 is 0.415 bits per heavy atom. The van der Waals surface area contributed by atoms with Gasteiger partial charge in [0.05, 0.1) is 0 Å². The molecule has 0 radical (unpaired) electrons. The molecule has 0 saturated heterocycles. The molecule has 2 heteroatoms. The summed E-state index contributed by atoms with van der Waals surface area (Å²) in [5.74, 6) is 0. The summed E-state index contributed by atoms with van der Waals surface area (Å²) in [6.07, 6.45) is 0. The summed E-state index contributed by atoms with van der Waals surface area (Å²) >= 11 is 1.88. The molecule has 0 aliphatic heterocycles. The molecule has 0 fully saturated rings. The maximum Gasteiger partial charge on any atom is 0.143 e. The van der Waals surface area contributed by atoms with E-state index >= 15 is 0 Å². The van der Waals surface area contributed by atoms with Crippen LogP contribution in [-0.4, -0.2) is 0 Å². The Bertz CT molecular complexity index is 3320. The van der Waals surface area contributed by atoms with Crippen LogP contribution in [0.15, 0.2) is 162 Å². The molecule has 1 aliphatic carbocycles. The Morgan fingerprint density at radius 2 is 0.943 bits per heavy atom. The second kappa shape index (κ2) is 10.4. The minimum Gasteiger partial charge on any atom is -0.455 e. The predicted molar refractivity (Wildman–Crippen MR) is 228 cm³/mol. The average Bonchev–Trinajstić information content (AvgIpc) is 3.84. The first-order chi connectivity index (χ1) is 26.0. The molecule has 0 spiro atoms. The van der Waals surface area contributed by atoms with Crippen LogP contribution in [0.1, 0.15) is 25.0 Å². The lowest BCUT2D eigenvalue weighted by Gasteiger charge is -2.23. The number of rotatable bonds is 2. The molecule has 12 rings (SSSR count). The van der Waals surface area contributed by atoms with Crippen molar-refractivity contribution in [1.82, 2.24) is 0 Å². The van der Waals surface area contributed by atoms with Crippen LogP contribution in [-0.2, 0) is 5.41 Å². The van der Waals surface area contributed by atoms with Gasteiger partial charge in [0.15, 0.2) is 0 Å². The second-order valence-electron chi connectivity index (χ2n) is 15.2. The number of benzene rings is 9. The summed E-state index contributed by atoms with van der Waals surface area (Å²) < 4.78 is 9.57. The van der Waals surface area contributed by atoms with E-state index in [-0.39, 0.29) is 5.41 Å². The molecule has 0 amide bonds. The Morgan fingerprint density at radius 3 is 1.68 bits per heavy atom. The highest BCUT2D eigenvalue weighted by molar-refractivity contribution is 7.25. The number of hydrogen-bond donors (Lipinski definition) is 0. The van der Waals surface area contributed by atoms with E-state index in [1.54, 1.807) is 0 Å². The Hall–Kier alpha value is -6.22. The van der Waals surface area contributed by atoms with E-state index in [0.29, 0.717) is 0 Å². The van der Waals surface area contributed by atoms with Gasteiger partial charge in [-0.25, -0.2) is 0 Å².